The number of hydrogen-bond acceptors (Lipinski definition) is 8. The fraction of sp³-hybridized carbons (Fsp3) is 0.375. The van der Waals surface area contributed by atoms with Crippen molar-refractivity contribution in [2.45, 2.75) is 45.5 Å². The summed E-state index contributed by atoms with van der Waals surface area (Å²) in [6.07, 6.45) is -1.16. The Morgan fingerprint density at radius 3 is 2.59 bits per heavy atom. The molecule has 1 aliphatic heterocycles. The second-order valence-corrected chi connectivity index (χ2v) is 10.5. The quantitative estimate of drug-likeness (QED) is 0.303. The molecule has 1 amide bonds. The van der Waals surface area contributed by atoms with E-state index in [1.807, 2.05) is 32.9 Å². The van der Waals surface area contributed by atoms with Gasteiger partial charge >= 0.3 is 12.3 Å². The van der Waals surface area contributed by atoms with E-state index >= 15 is 0 Å². The van der Waals surface area contributed by atoms with Gasteiger partial charge in [-0.1, -0.05) is 6.08 Å². The number of nitrogens with one attached hydrogen (secondary N) is 1. The third-order valence-corrected chi connectivity index (χ3v) is 6.67. The van der Waals surface area contributed by atoms with Crippen LogP contribution in [-0.2, 0) is 17.5 Å². The van der Waals surface area contributed by atoms with Crippen LogP contribution < -0.4 is 5.32 Å². The lowest BCUT2D eigenvalue weighted by atomic mass is 10.1. The molecule has 0 saturated heterocycles. The number of non-ortho nitro benzene ring substituents is 1. The molecule has 196 valence electrons. The van der Waals surface area contributed by atoms with E-state index in [0.717, 1.165) is 22.6 Å². The predicted molar refractivity (Wildman–Crippen MR) is 133 cm³/mol. The van der Waals surface area contributed by atoms with Crippen molar-refractivity contribution in [1.29, 1.82) is 0 Å². The highest BCUT2D eigenvalue weighted by molar-refractivity contribution is 7.20. The number of halogens is 3. The first-order chi connectivity index (χ1) is 17.3. The number of thiophene rings is 1. The van der Waals surface area contributed by atoms with Crippen LogP contribution in [0, 0.1) is 10.1 Å². The second kappa shape index (κ2) is 9.96. The summed E-state index contributed by atoms with van der Waals surface area (Å²) in [4.78, 5) is 33.7. The van der Waals surface area contributed by atoms with Gasteiger partial charge in [0.05, 0.1) is 20.7 Å². The van der Waals surface area contributed by atoms with Gasteiger partial charge in [-0.05, 0) is 50.5 Å². The van der Waals surface area contributed by atoms with Crippen LogP contribution in [0.15, 0.2) is 36.7 Å². The maximum atomic E-state index is 13.2. The molecule has 4 rings (SSSR count). The minimum atomic E-state index is -4.71. The average molecular weight is 536 g/mol. The molecule has 0 unspecified atom stereocenters. The Hall–Kier alpha value is -3.74. The number of carbonyl (C=O) groups excluding carboxylic acids is 1. The lowest BCUT2D eigenvalue weighted by Crippen LogP contribution is -2.39. The van der Waals surface area contributed by atoms with Crippen LogP contribution in [0.3, 0.4) is 0 Å². The third kappa shape index (κ3) is 6.34. The van der Waals surface area contributed by atoms with Crippen LogP contribution in [0.2, 0.25) is 0 Å². The number of rotatable bonds is 5. The van der Waals surface area contributed by atoms with Crippen molar-refractivity contribution in [2.75, 3.05) is 18.4 Å². The highest BCUT2D eigenvalue weighted by atomic mass is 32.1. The summed E-state index contributed by atoms with van der Waals surface area (Å²) in [7, 11) is 0. The van der Waals surface area contributed by atoms with Gasteiger partial charge in [-0.25, -0.2) is 14.8 Å². The predicted octanol–water partition coefficient (Wildman–Crippen LogP) is 6.25. The van der Waals surface area contributed by atoms with E-state index in [9.17, 15) is 28.1 Å². The van der Waals surface area contributed by atoms with Gasteiger partial charge in [0.25, 0.3) is 5.69 Å². The van der Waals surface area contributed by atoms with Crippen molar-refractivity contribution >= 4 is 44.7 Å². The zero-order chi connectivity index (χ0) is 27.0. The molecule has 0 radical (unpaired) electrons. The van der Waals surface area contributed by atoms with Crippen molar-refractivity contribution in [2.24, 2.45) is 0 Å². The first-order valence-corrected chi connectivity index (χ1v) is 12.1. The van der Waals surface area contributed by atoms with Gasteiger partial charge in [0.2, 0.25) is 0 Å². The lowest BCUT2D eigenvalue weighted by molar-refractivity contribution is -0.385. The zero-order valence-corrected chi connectivity index (χ0v) is 21.1. The van der Waals surface area contributed by atoms with Gasteiger partial charge in [-0.2, -0.15) is 13.2 Å². The molecule has 0 aliphatic carbocycles. The van der Waals surface area contributed by atoms with Gasteiger partial charge < -0.3 is 15.0 Å². The molecule has 0 saturated carbocycles. The Balaban J connectivity index is 1.52. The molecular weight excluding hydrogens is 511 g/mol. The topological polar surface area (TPSA) is 110 Å². The van der Waals surface area contributed by atoms with E-state index in [0.29, 0.717) is 41.6 Å². The minimum absolute atomic E-state index is 0.0993. The number of anilines is 1. The number of aromatic nitrogens is 2. The molecule has 1 N–H and O–H groups in total. The number of nitro benzene ring substituents is 1. The molecular formula is C24H24F3N5O4S. The van der Waals surface area contributed by atoms with E-state index in [2.05, 4.69) is 15.3 Å². The summed E-state index contributed by atoms with van der Waals surface area (Å²) < 4.78 is 45.8. The molecule has 3 aromatic rings. The van der Waals surface area contributed by atoms with Crippen LogP contribution >= 0.6 is 11.3 Å². The van der Waals surface area contributed by atoms with Crippen molar-refractivity contribution in [1.82, 2.24) is 14.9 Å². The fourth-order valence-corrected chi connectivity index (χ4v) is 4.90. The van der Waals surface area contributed by atoms with Crippen molar-refractivity contribution < 1.29 is 27.6 Å². The molecule has 1 aromatic carbocycles. The van der Waals surface area contributed by atoms with Crippen LogP contribution in [-0.4, -0.2) is 44.6 Å². The van der Waals surface area contributed by atoms with Crippen molar-refractivity contribution in [3.63, 3.8) is 0 Å². The number of benzene rings is 1. The van der Waals surface area contributed by atoms with E-state index < -0.39 is 28.0 Å². The number of alkyl halides is 3. The molecule has 0 fully saturated rings. The summed E-state index contributed by atoms with van der Waals surface area (Å²) in [6, 6.07) is 4.39. The van der Waals surface area contributed by atoms with Crippen molar-refractivity contribution in [3.8, 4) is 0 Å². The molecule has 13 heteroatoms. The highest BCUT2D eigenvalue weighted by Crippen LogP contribution is 2.36. The molecule has 1 aliphatic rings. The number of amides is 1. The Kier molecular flexibility index (Phi) is 7.09. The third-order valence-electron chi connectivity index (χ3n) is 5.46. The van der Waals surface area contributed by atoms with Crippen LogP contribution in [0.5, 0.6) is 0 Å². The molecule has 0 spiro atoms. The maximum Gasteiger partial charge on any atom is 0.416 e. The smallest absolute Gasteiger partial charge is 0.416 e. The first kappa shape index (κ1) is 26.3. The standard InChI is InChI=1S/C24H24F3N5O4S/c1-23(2,3)36-22(33)31-6-4-15(5-7-31)19-11-18-20(37-19)21(30-13-29-18)28-12-14-8-16(24(25,26)27)10-17(9-14)32(34)35/h4,8-11,13H,5-7,12H2,1-3H3,(H,28,29,30). The number of ether oxygens (including phenoxy) is 1. The van der Waals surface area contributed by atoms with Crippen LogP contribution in [0.4, 0.5) is 29.5 Å². The monoisotopic (exact) mass is 535 g/mol. The molecule has 3 heterocycles. The Labute approximate surface area is 214 Å². The highest BCUT2D eigenvalue weighted by Gasteiger charge is 2.33. The lowest BCUT2D eigenvalue weighted by Gasteiger charge is -2.29. The Bertz CT molecular complexity index is 1380. The SMILES string of the molecule is CC(C)(C)OC(=O)N1CC=C(c2cc3ncnc(NCc4cc([N+](=O)[O-])cc(C(F)(F)F)c4)c3s2)CC1. The summed E-state index contributed by atoms with van der Waals surface area (Å²) in [6.45, 7) is 6.25. The molecule has 0 bridgehead atoms. The fourth-order valence-electron chi connectivity index (χ4n) is 3.75. The van der Waals surface area contributed by atoms with Gasteiger partial charge in [-0.15, -0.1) is 11.3 Å². The number of nitrogens with zero attached hydrogens (tertiary/aromatic N) is 4. The van der Waals surface area contributed by atoms with Crippen LogP contribution in [0.1, 0.15) is 43.2 Å². The number of carbonyl (C=O) groups is 1. The maximum absolute atomic E-state index is 13.2. The normalized spacial score (nSPS) is 14.4. The molecule has 0 atom stereocenters. The number of hydrogen-bond donors (Lipinski definition) is 1. The summed E-state index contributed by atoms with van der Waals surface area (Å²) in [5, 5.41) is 14.1. The Morgan fingerprint density at radius 2 is 1.97 bits per heavy atom. The van der Waals surface area contributed by atoms with Gasteiger partial charge in [0.1, 0.15) is 17.7 Å². The van der Waals surface area contributed by atoms with Gasteiger partial charge in [-0.3, -0.25) is 10.1 Å². The van der Waals surface area contributed by atoms with E-state index in [4.69, 9.17) is 4.74 Å². The van der Waals surface area contributed by atoms with Gasteiger partial charge in [0.15, 0.2) is 0 Å². The summed E-state index contributed by atoms with van der Waals surface area (Å²) >= 11 is 1.42. The molecule has 37 heavy (non-hydrogen) atoms. The van der Waals surface area contributed by atoms with E-state index in [1.165, 1.54) is 17.7 Å². The van der Waals surface area contributed by atoms with Gasteiger partial charge in [0, 0.05) is 36.6 Å². The largest absolute Gasteiger partial charge is 0.444 e. The second-order valence-electron chi connectivity index (χ2n) is 9.45. The molecule has 9 nitrogen and oxygen atoms in total. The van der Waals surface area contributed by atoms with E-state index in [-0.39, 0.29) is 18.2 Å². The van der Waals surface area contributed by atoms with Crippen LogP contribution in [0.25, 0.3) is 15.8 Å². The zero-order valence-electron chi connectivity index (χ0n) is 20.3. The van der Waals surface area contributed by atoms with Crippen molar-refractivity contribution in [3.05, 3.63) is 62.8 Å². The summed E-state index contributed by atoms with van der Waals surface area (Å²) in [5.74, 6) is 0.410. The molecule has 2 aromatic heterocycles. The van der Waals surface area contributed by atoms with E-state index in [1.54, 1.807) is 4.90 Å². The number of nitro groups is 1. The average Bonchev–Trinajstić information content (AvgIpc) is 3.26. The summed E-state index contributed by atoms with van der Waals surface area (Å²) in [5.41, 5.74) is -0.502. The number of fused-ring (bicyclic) bond motifs is 1. The minimum Gasteiger partial charge on any atom is -0.444 e. The first-order valence-electron chi connectivity index (χ1n) is 11.3. The Morgan fingerprint density at radius 1 is 1.22 bits per heavy atom.